The van der Waals surface area contributed by atoms with Crippen LogP contribution in [0.2, 0.25) is 0 Å². The summed E-state index contributed by atoms with van der Waals surface area (Å²) in [6, 6.07) is 5.53. The van der Waals surface area contributed by atoms with E-state index in [0.717, 1.165) is 17.7 Å². The Kier molecular flexibility index (Phi) is 4.35. The number of hydrogen-bond acceptors (Lipinski definition) is 4. The Balaban J connectivity index is 1.77. The summed E-state index contributed by atoms with van der Waals surface area (Å²) >= 11 is 0. The molecule has 0 spiro atoms. The molecule has 0 N–H and O–H groups in total. The van der Waals surface area contributed by atoms with Gasteiger partial charge in [0.25, 0.3) is 0 Å². The highest BCUT2D eigenvalue weighted by atomic mass is 16.5. The van der Waals surface area contributed by atoms with E-state index < -0.39 is 0 Å². The number of ether oxygens (including phenoxy) is 2. The van der Waals surface area contributed by atoms with Crippen molar-refractivity contribution in [2.75, 3.05) is 20.8 Å². The van der Waals surface area contributed by atoms with Gasteiger partial charge in [0.15, 0.2) is 11.5 Å². The first-order valence-electron chi connectivity index (χ1n) is 8.20. The standard InChI is InChI=1S/C19H23NO4/c1-19-8-9-20(17(19)7-5-14(21)12-19)18(22)11-13-4-6-15(23-2)16(10-13)24-3/h4,6-7,10H,5,8-9,11-12H2,1-3H3. The summed E-state index contributed by atoms with van der Waals surface area (Å²) in [6.07, 6.45) is 4.07. The molecule has 0 aromatic heterocycles. The van der Waals surface area contributed by atoms with Gasteiger partial charge in [-0.2, -0.15) is 0 Å². The molecule has 0 radical (unpaired) electrons. The molecule has 1 heterocycles. The second-order valence-electron chi connectivity index (χ2n) is 6.73. The molecule has 1 saturated heterocycles. The van der Waals surface area contributed by atoms with Gasteiger partial charge in [0.2, 0.25) is 5.91 Å². The fraction of sp³-hybridized carbons (Fsp3) is 0.474. The number of likely N-dealkylation sites (tertiary alicyclic amines) is 1. The summed E-state index contributed by atoms with van der Waals surface area (Å²) in [4.78, 5) is 26.4. The van der Waals surface area contributed by atoms with Crippen molar-refractivity contribution in [2.45, 2.75) is 32.6 Å². The summed E-state index contributed by atoms with van der Waals surface area (Å²) in [7, 11) is 3.17. The third kappa shape index (κ3) is 2.90. The van der Waals surface area contributed by atoms with Crippen molar-refractivity contribution in [3.63, 3.8) is 0 Å². The van der Waals surface area contributed by atoms with Gasteiger partial charge < -0.3 is 14.4 Å². The molecule has 3 rings (SSSR count). The van der Waals surface area contributed by atoms with Gasteiger partial charge >= 0.3 is 0 Å². The Morgan fingerprint density at radius 2 is 2.00 bits per heavy atom. The number of Topliss-reactive ketones (excluding diaryl/α,β-unsaturated/α-hetero) is 1. The van der Waals surface area contributed by atoms with Crippen molar-refractivity contribution in [3.8, 4) is 11.5 Å². The monoisotopic (exact) mass is 329 g/mol. The number of carbonyl (C=O) groups excluding carboxylic acids is 2. The zero-order chi connectivity index (χ0) is 17.3. The van der Waals surface area contributed by atoms with Gasteiger partial charge in [0, 0.05) is 30.5 Å². The molecular weight excluding hydrogens is 306 g/mol. The summed E-state index contributed by atoms with van der Waals surface area (Å²) in [5, 5.41) is 0. The quantitative estimate of drug-likeness (QED) is 0.852. The zero-order valence-electron chi connectivity index (χ0n) is 14.4. The van der Waals surface area contributed by atoms with E-state index in [2.05, 4.69) is 6.92 Å². The number of hydrogen-bond donors (Lipinski definition) is 0. The third-order valence-corrected chi connectivity index (χ3v) is 5.01. The van der Waals surface area contributed by atoms with Gasteiger partial charge in [-0.1, -0.05) is 19.1 Å². The average Bonchev–Trinajstić information content (AvgIpc) is 2.90. The number of nitrogens with zero attached hydrogens (tertiary/aromatic N) is 1. The van der Waals surface area contributed by atoms with Gasteiger partial charge in [0.05, 0.1) is 20.6 Å². The molecule has 0 saturated carbocycles. The molecule has 1 aromatic carbocycles. The van der Waals surface area contributed by atoms with Crippen LogP contribution in [0.25, 0.3) is 0 Å². The van der Waals surface area contributed by atoms with E-state index in [1.807, 2.05) is 29.2 Å². The van der Waals surface area contributed by atoms with Crippen molar-refractivity contribution >= 4 is 11.7 Å². The molecule has 128 valence electrons. The first-order chi connectivity index (χ1) is 11.5. The van der Waals surface area contributed by atoms with Crippen LogP contribution >= 0.6 is 0 Å². The third-order valence-electron chi connectivity index (χ3n) is 5.01. The van der Waals surface area contributed by atoms with E-state index in [4.69, 9.17) is 9.47 Å². The lowest BCUT2D eigenvalue weighted by Crippen LogP contribution is -2.33. The molecule has 24 heavy (non-hydrogen) atoms. The predicted molar refractivity (Wildman–Crippen MR) is 90.0 cm³/mol. The molecule has 1 atom stereocenters. The molecule has 0 bridgehead atoms. The van der Waals surface area contributed by atoms with Crippen molar-refractivity contribution in [1.29, 1.82) is 0 Å². The van der Waals surface area contributed by atoms with E-state index in [9.17, 15) is 9.59 Å². The van der Waals surface area contributed by atoms with Gasteiger partial charge in [-0.15, -0.1) is 0 Å². The summed E-state index contributed by atoms with van der Waals surface area (Å²) in [6.45, 7) is 2.77. The highest BCUT2D eigenvalue weighted by Crippen LogP contribution is 2.46. The van der Waals surface area contributed by atoms with Crippen LogP contribution in [0, 0.1) is 5.41 Å². The Labute approximate surface area is 142 Å². The first kappa shape index (κ1) is 16.6. The fourth-order valence-corrected chi connectivity index (χ4v) is 3.71. The van der Waals surface area contributed by atoms with Crippen LogP contribution in [-0.4, -0.2) is 37.4 Å². The lowest BCUT2D eigenvalue weighted by Gasteiger charge is -2.31. The molecular formula is C19H23NO4. The second-order valence-corrected chi connectivity index (χ2v) is 6.73. The van der Waals surface area contributed by atoms with Crippen LogP contribution in [0.1, 0.15) is 31.7 Å². The van der Waals surface area contributed by atoms with Gasteiger partial charge in [-0.05, 0) is 24.1 Å². The van der Waals surface area contributed by atoms with E-state index in [-0.39, 0.29) is 17.1 Å². The highest BCUT2D eigenvalue weighted by Gasteiger charge is 2.44. The van der Waals surface area contributed by atoms with Gasteiger partial charge in [0.1, 0.15) is 5.78 Å². The zero-order valence-corrected chi connectivity index (χ0v) is 14.4. The molecule has 1 fully saturated rings. The number of rotatable bonds is 4. The largest absolute Gasteiger partial charge is 0.493 e. The summed E-state index contributed by atoms with van der Waals surface area (Å²) in [5.74, 6) is 1.59. The number of allylic oxidation sites excluding steroid dienone is 2. The lowest BCUT2D eigenvalue weighted by atomic mass is 9.77. The summed E-state index contributed by atoms with van der Waals surface area (Å²) in [5.41, 5.74) is 1.73. The molecule has 1 aliphatic carbocycles. The van der Waals surface area contributed by atoms with Crippen LogP contribution in [-0.2, 0) is 16.0 Å². The number of fused-ring (bicyclic) bond motifs is 1. The number of carbonyl (C=O) groups is 2. The Morgan fingerprint density at radius 3 is 2.71 bits per heavy atom. The molecule has 1 aromatic rings. The predicted octanol–water partition coefficient (Wildman–Crippen LogP) is 2.73. The number of benzene rings is 1. The second kappa shape index (κ2) is 6.30. The maximum atomic E-state index is 12.8. The number of ketones is 1. The molecule has 2 aliphatic rings. The van der Waals surface area contributed by atoms with Crippen molar-refractivity contribution in [2.24, 2.45) is 5.41 Å². The Bertz CT molecular complexity index is 709. The molecule has 1 aliphatic heterocycles. The van der Waals surface area contributed by atoms with Crippen molar-refractivity contribution < 1.29 is 19.1 Å². The first-order valence-corrected chi connectivity index (χ1v) is 8.20. The Morgan fingerprint density at radius 1 is 1.25 bits per heavy atom. The van der Waals surface area contributed by atoms with Crippen LogP contribution in [0.4, 0.5) is 0 Å². The maximum Gasteiger partial charge on any atom is 0.231 e. The minimum atomic E-state index is -0.178. The summed E-state index contributed by atoms with van der Waals surface area (Å²) < 4.78 is 10.5. The number of methoxy groups -OCH3 is 2. The topological polar surface area (TPSA) is 55.8 Å². The van der Waals surface area contributed by atoms with E-state index in [0.29, 0.717) is 37.3 Å². The maximum absolute atomic E-state index is 12.8. The molecule has 5 nitrogen and oxygen atoms in total. The lowest BCUT2D eigenvalue weighted by molar-refractivity contribution is -0.128. The van der Waals surface area contributed by atoms with E-state index in [1.54, 1.807) is 14.2 Å². The van der Waals surface area contributed by atoms with Crippen LogP contribution < -0.4 is 9.47 Å². The van der Waals surface area contributed by atoms with E-state index in [1.165, 1.54) is 0 Å². The number of amides is 1. The van der Waals surface area contributed by atoms with Crippen molar-refractivity contribution in [3.05, 3.63) is 35.5 Å². The smallest absolute Gasteiger partial charge is 0.231 e. The van der Waals surface area contributed by atoms with Crippen LogP contribution in [0.5, 0.6) is 11.5 Å². The van der Waals surface area contributed by atoms with Gasteiger partial charge in [-0.3, -0.25) is 9.59 Å². The minimum Gasteiger partial charge on any atom is -0.493 e. The van der Waals surface area contributed by atoms with Crippen LogP contribution in [0.3, 0.4) is 0 Å². The SMILES string of the molecule is COc1ccc(CC(=O)N2CCC3(C)CC(=O)CC=C23)cc1OC. The highest BCUT2D eigenvalue weighted by molar-refractivity contribution is 5.86. The molecule has 5 heteroatoms. The van der Waals surface area contributed by atoms with E-state index >= 15 is 0 Å². The minimum absolute atomic E-state index is 0.0616. The molecule has 1 amide bonds. The van der Waals surface area contributed by atoms with Crippen LogP contribution in [0.15, 0.2) is 30.0 Å². The van der Waals surface area contributed by atoms with Gasteiger partial charge in [-0.25, -0.2) is 0 Å². The Hall–Kier alpha value is -2.30. The molecule has 1 unspecified atom stereocenters. The normalized spacial score (nSPS) is 22.9. The average molecular weight is 329 g/mol. The fourth-order valence-electron chi connectivity index (χ4n) is 3.71. The van der Waals surface area contributed by atoms with Crippen molar-refractivity contribution in [1.82, 2.24) is 4.90 Å².